The maximum absolute atomic E-state index is 15.0. The van der Waals surface area contributed by atoms with Crippen LogP contribution >= 0.6 is 0 Å². The number of halogens is 10. The van der Waals surface area contributed by atoms with Gasteiger partial charge in [0.2, 0.25) is 0 Å². The van der Waals surface area contributed by atoms with Crippen LogP contribution in [0, 0.1) is 62.5 Å². The van der Waals surface area contributed by atoms with Crippen LogP contribution in [0.5, 0.6) is 0 Å². The van der Waals surface area contributed by atoms with E-state index in [4.69, 9.17) is 15.8 Å². The first kappa shape index (κ1) is 28.2. The van der Waals surface area contributed by atoms with Gasteiger partial charge in [-0.25, -0.2) is 4.39 Å². The second-order valence-electron chi connectivity index (χ2n) is 6.78. The Hall–Kier alpha value is -5.07. The Morgan fingerprint density at radius 1 is 0.649 bits per heavy atom. The van der Waals surface area contributed by atoms with Gasteiger partial charge in [-0.05, 0) is 23.8 Å². The molecular formula is C22H3F10N5. The van der Waals surface area contributed by atoms with Crippen molar-refractivity contribution in [2.24, 2.45) is 0 Å². The lowest BCUT2D eigenvalue weighted by Crippen LogP contribution is -2.32. The Kier molecular flexibility index (Phi) is 7.25. The van der Waals surface area contributed by atoms with Crippen LogP contribution in [0.25, 0.3) is 11.1 Å². The van der Waals surface area contributed by atoms with Crippen molar-refractivity contribution in [1.82, 2.24) is 0 Å². The molecule has 0 saturated heterocycles. The van der Waals surface area contributed by atoms with Crippen molar-refractivity contribution in [3.05, 3.63) is 67.8 Å². The lowest BCUT2D eigenvalue weighted by Gasteiger charge is -2.17. The van der Waals surface area contributed by atoms with Gasteiger partial charge in [-0.15, -0.1) is 0 Å². The minimum Gasteiger partial charge on any atom is -0.206 e. The van der Waals surface area contributed by atoms with E-state index in [2.05, 4.69) is 0 Å². The van der Waals surface area contributed by atoms with Gasteiger partial charge >= 0.3 is 18.5 Å². The van der Waals surface area contributed by atoms with E-state index < -0.39 is 79.3 Å². The van der Waals surface area contributed by atoms with Gasteiger partial charge in [0, 0.05) is 5.22 Å². The highest BCUT2D eigenvalue weighted by molar-refractivity contribution is 5.80. The first-order valence-electron chi connectivity index (χ1n) is 8.99. The van der Waals surface area contributed by atoms with Crippen molar-refractivity contribution in [3.63, 3.8) is 0 Å². The summed E-state index contributed by atoms with van der Waals surface area (Å²) >= 11 is 0. The van der Waals surface area contributed by atoms with Crippen molar-refractivity contribution in [3.8, 4) is 30.3 Å². The lowest BCUT2D eigenvalue weighted by atomic mass is 9.91. The van der Waals surface area contributed by atoms with Crippen LogP contribution in [-0.4, -0.2) is 0 Å². The minimum absolute atomic E-state index is 0.104. The van der Waals surface area contributed by atoms with Gasteiger partial charge in [0.25, 0.3) is 0 Å². The molecule has 0 aliphatic heterocycles. The maximum Gasteiger partial charge on any atom is 0.419 e. The van der Waals surface area contributed by atoms with Crippen LogP contribution in [0.4, 0.5) is 43.9 Å². The summed E-state index contributed by atoms with van der Waals surface area (Å²) in [4.78, 5) is 0. The van der Waals surface area contributed by atoms with Crippen molar-refractivity contribution >= 4 is 11.1 Å². The Balaban J connectivity index is 3.42. The second kappa shape index (κ2) is 9.53. The maximum atomic E-state index is 15.0. The standard InChI is InChI=1S/C22H3F10N5/c23-19-17(11(5-34)6-35)10(4-33)1-12(18(19)22(30,31)32)13(7-36)9-2-15(20(24,25)26)14(8-37)16(3-9)21(27,28)29/h1-3H/b13-12-. The monoisotopic (exact) mass is 527 g/mol. The Labute approximate surface area is 198 Å². The Morgan fingerprint density at radius 3 is 1.46 bits per heavy atom. The summed E-state index contributed by atoms with van der Waals surface area (Å²) < 4.78 is 137. The van der Waals surface area contributed by atoms with Crippen LogP contribution in [0.2, 0.25) is 0 Å². The third kappa shape index (κ3) is 5.15. The number of nitriles is 5. The fourth-order valence-corrected chi connectivity index (χ4v) is 3.23. The molecule has 0 radical (unpaired) electrons. The van der Waals surface area contributed by atoms with Crippen molar-refractivity contribution in [1.29, 1.82) is 26.3 Å². The molecule has 2 aromatic carbocycles. The molecule has 0 N–H and O–H groups in total. The van der Waals surface area contributed by atoms with Crippen LogP contribution in [0.3, 0.4) is 0 Å². The molecule has 0 aromatic heterocycles. The van der Waals surface area contributed by atoms with E-state index in [0.717, 1.165) is 24.3 Å². The van der Waals surface area contributed by atoms with E-state index in [1.807, 2.05) is 0 Å². The minimum atomic E-state index is -5.79. The number of hydrogen-bond donors (Lipinski definition) is 0. The van der Waals surface area contributed by atoms with Gasteiger partial charge in [0.05, 0.1) is 39.1 Å². The average Bonchev–Trinajstić information content (AvgIpc) is 2.78. The molecule has 0 aliphatic rings. The molecule has 0 amide bonds. The van der Waals surface area contributed by atoms with Crippen LogP contribution < -0.4 is 10.4 Å². The molecule has 0 saturated carbocycles. The smallest absolute Gasteiger partial charge is 0.206 e. The number of alkyl halides is 9. The van der Waals surface area contributed by atoms with Crippen LogP contribution in [-0.2, 0) is 18.5 Å². The third-order valence-electron chi connectivity index (χ3n) is 4.67. The van der Waals surface area contributed by atoms with Gasteiger partial charge in [-0.2, -0.15) is 65.8 Å². The molecule has 0 heterocycles. The quantitative estimate of drug-likeness (QED) is 0.505. The molecule has 15 heteroatoms. The van der Waals surface area contributed by atoms with Gasteiger partial charge in [0.15, 0.2) is 0 Å². The first-order valence-corrected chi connectivity index (χ1v) is 8.99. The summed E-state index contributed by atoms with van der Waals surface area (Å²) in [6, 6.07) is 4.69. The van der Waals surface area contributed by atoms with Gasteiger partial charge in [-0.1, -0.05) is 0 Å². The van der Waals surface area contributed by atoms with Crippen molar-refractivity contribution in [2.45, 2.75) is 18.5 Å². The highest BCUT2D eigenvalue weighted by Crippen LogP contribution is 2.41. The second-order valence-corrected chi connectivity index (χ2v) is 6.78. The highest BCUT2D eigenvalue weighted by Gasteiger charge is 2.43. The summed E-state index contributed by atoms with van der Waals surface area (Å²) in [6.07, 6.45) is -17.1. The molecule has 2 aromatic rings. The molecule has 0 atom stereocenters. The molecule has 186 valence electrons. The Morgan fingerprint density at radius 2 is 1.14 bits per heavy atom. The fraction of sp³-hybridized carbons (Fsp3) is 0.136. The number of hydrogen-bond acceptors (Lipinski definition) is 5. The zero-order chi connectivity index (χ0) is 28.5. The summed E-state index contributed by atoms with van der Waals surface area (Å²) in [6.45, 7) is 0. The lowest BCUT2D eigenvalue weighted by molar-refractivity contribution is -0.144. The summed E-state index contributed by atoms with van der Waals surface area (Å²) in [5.74, 6) is -2.44. The molecule has 2 rings (SSSR count). The molecule has 0 bridgehead atoms. The largest absolute Gasteiger partial charge is 0.419 e. The van der Waals surface area contributed by atoms with Crippen LogP contribution in [0.15, 0.2) is 18.2 Å². The highest BCUT2D eigenvalue weighted by atomic mass is 19.4. The van der Waals surface area contributed by atoms with E-state index in [0.29, 0.717) is 0 Å². The topological polar surface area (TPSA) is 119 Å². The summed E-state index contributed by atoms with van der Waals surface area (Å²) in [7, 11) is 0. The number of nitrogens with zero attached hydrogens (tertiary/aromatic N) is 5. The summed E-state index contributed by atoms with van der Waals surface area (Å²) in [5.41, 5.74) is -14.3. The van der Waals surface area contributed by atoms with Crippen LogP contribution in [0.1, 0.15) is 33.4 Å². The molecule has 0 fully saturated rings. The average molecular weight is 527 g/mol. The molecule has 0 spiro atoms. The molecule has 0 unspecified atom stereocenters. The number of benzene rings is 2. The van der Waals surface area contributed by atoms with Crippen molar-refractivity contribution in [2.75, 3.05) is 0 Å². The van der Waals surface area contributed by atoms with E-state index in [-0.39, 0.29) is 18.2 Å². The van der Waals surface area contributed by atoms with E-state index in [9.17, 15) is 50.0 Å². The van der Waals surface area contributed by atoms with E-state index in [1.54, 1.807) is 0 Å². The Bertz CT molecular complexity index is 1590. The molecule has 37 heavy (non-hydrogen) atoms. The first-order chi connectivity index (χ1) is 17.0. The van der Waals surface area contributed by atoms with Gasteiger partial charge in [0.1, 0.15) is 41.2 Å². The number of rotatable bonds is 1. The van der Waals surface area contributed by atoms with E-state index >= 15 is 4.39 Å². The predicted molar refractivity (Wildman–Crippen MR) is 99.3 cm³/mol. The molecule has 5 nitrogen and oxygen atoms in total. The zero-order valence-electron chi connectivity index (χ0n) is 17.2. The third-order valence-corrected chi connectivity index (χ3v) is 4.67. The predicted octanol–water partition coefficient (Wildman–Crippen LogP) is 4.55. The summed E-state index contributed by atoms with van der Waals surface area (Å²) in [5, 5.41) is 42.4. The molecule has 0 aliphatic carbocycles. The normalized spacial score (nSPS) is 12.4. The van der Waals surface area contributed by atoms with E-state index in [1.165, 1.54) is 6.07 Å². The molecular weight excluding hydrogens is 524 g/mol. The van der Waals surface area contributed by atoms with Gasteiger partial charge < -0.3 is 0 Å². The SMILES string of the molecule is N#CC(C#N)=c1c(C#N)c/c(=C(\C#N)c2cc(C(F)(F)F)c(C#N)c(C(F)(F)F)c2)c(C(F)(F)F)c1F. The van der Waals surface area contributed by atoms with Crippen molar-refractivity contribution < 1.29 is 43.9 Å². The van der Waals surface area contributed by atoms with Gasteiger partial charge in [-0.3, -0.25) is 0 Å². The zero-order valence-corrected chi connectivity index (χ0v) is 17.2. The fourth-order valence-electron chi connectivity index (χ4n) is 3.23.